The molecule has 7 heteroatoms. The monoisotopic (exact) mass is 356 g/mol. The molecule has 2 aromatic rings. The number of amides is 1. The van der Waals surface area contributed by atoms with E-state index in [4.69, 9.17) is 13.9 Å². The molecule has 1 aromatic carbocycles. The molecule has 0 fully saturated rings. The highest BCUT2D eigenvalue weighted by Crippen LogP contribution is 2.13. The van der Waals surface area contributed by atoms with Gasteiger partial charge in [0.15, 0.2) is 0 Å². The second kappa shape index (κ2) is 8.66. The van der Waals surface area contributed by atoms with Crippen molar-refractivity contribution in [2.45, 2.75) is 26.4 Å². The summed E-state index contributed by atoms with van der Waals surface area (Å²) in [4.78, 5) is 23.3. The van der Waals surface area contributed by atoms with Gasteiger partial charge in [-0.3, -0.25) is 0 Å². The lowest BCUT2D eigenvalue weighted by Crippen LogP contribution is -2.29. The lowest BCUT2D eigenvalue weighted by atomic mass is 10.2. The fraction of sp³-hybridized carbons (Fsp3) is 0.211. The maximum atomic E-state index is 11.8. The molecule has 26 heavy (non-hydrogen) atoms. The maximum Gasteiger partial charge on any atom is 0.428 e. The number of esters is 1. The third kappa shape index (κ3) is 7.04. The molecule has 136 valence electrons. The fourth-order valence-corrected chi connectivity index (χ4v) is 1.81. The molecule has 0 saturated carbocycles. The van der Waals surface area contributed by atoms with Crippen molar-refractivity contribution in [3.8, 4) is 5.75 Å². The van der Waals surface area contributed by atoms with Crippen LogP contribution in [0.1, 0.15) is 32.1 Å². The van der Waals surface area contributed by atoms with Crippen LogP contribution >= 0.6 is 0 Å². The van der Waals surface area contributed by atoms with Crippen LogP contribution in [0.3, 0.4) is 0 Å². The van der Waals surface area contributed by atoms with E-state index in [-0.39, 0.29) is 0 Å². The zero-order valence-electron chi connectivity index (χ0n) is 14.8. The molecular weight excluding hydrogens is 336 g/mol. The van der Waals surface area contributed by atoms with E-state index in [0.29, 0.717) is 17.1 Å². The summed E-state index contributed by atoms with van der Waals surface area (Å²) in [5.74, 6) is 0.360. The van der Waals surface area contributed by atoms with Gasteiger partial charge in [-0.15, -0.1) is 0 Å². The number of benzene rings is 1. The van der Waals surface area contributed by atoms with Crippen LogP contribution < -0.4 is 10.2 Å². The molecule has 0 aliphatic rings. The van der Waals surface area contributed by atoms with Gasteiger partial charge in [-0.25, -0.2) is 15.0 Å². The van der Waals surface area contributed by atoms with Crippen LogP contribution in [0.25, 0.3) is 6.08 Å². The summed E-state index contributed by atoms with van der Waals surface area (Å²) in [7, 11) is 0. The Bertz CT molecular complexity index is 802. The second-order valence-corrected chi connectivity index (χ2v) is 6.21. The van der Waals surface area contributed by atoms with E-state index in [9.17, 15) is 9.59 Å². The van der Waals surface area contributed by atoms with E-state index in [1.54, 1.807) is 57.2 Å². The Hall–Kier alpha value is -3.35. The Morgan fingerprint density at radius 1 is 1.19 bits per heavy atom. The number of carbonyl (C=O) groups is 2. The highest BCUT2D eigenvalue weighted by Gasteiger charge is 2.15. The molecule has 0 radical (unpaired) electrons. The summed E-state index contributed by atoms with van der Waals surface area (Å²) in [5, 5.41) is 3.80. The first-order valence-electron chi connectivity index (χ1n) is 7.87. The quantitative estimate of drug-likeness (QED) is 0.290. The van der Waals surface area contributed by atoms with Crippen LogP contribution in [0.4, 0.5) is 4.79 Å². The molecule has 1 aromatic heterocycles. The Morgan fingerprint density at radius 3 is 2.69 bits per heavy atom. The molecule has 0 bridgehead atoms. The van der Waals surface area contributed by atoms with E-state index in [0.717, 1.165) is 0 Å². The summed E-state index contributed by atoms with van der Waals surface area (Å²) < 4.78 is 15.4. The van der Waals surface area contributed by atoms with Crippen molar-refractivity contribution in [1.82, 2.24) is 5.43 Å². The summed E-state index contributed by atoms with van der Waals surface area (Å²) >= 11 is 0. The van der Waals surface area contributed by atoms with Gasteiger partial charge in [0.25, 0.3) is 0 Å². The van der Waals surface area contributed by atoms with Crippen LogP contribution in [0.5, 0.6) is 5.75 Å². The number of carbonyl (C=O) groups excluding carboxylic acids is 2. The molecule has 1 heterocycles. The lowest BCUT2D eigenvalue weighted by molar-refractivity contribution is -0.128. The molecule has 0 atom stereocenters. The van der Waals surface area contributed by atoms with Gasteiger partial charge in [0.05, 0.1) is 12.5 Å². The molecule has 7 nitrogen and oxygen atoms in total. The Kier molecular flexibility index (Phi) is 6.32. The van der Waals surface area contributed by atoms with E-state index in [2.05, 4.69) is 10.5 Å². The van der Waals surface area contributed by atoms with Crippen LogP contribution in [0, 0.1) is 0 Å². The first-order valence-corrected chi connectivity index (χ1v) is 7.87. The van der Waals surface area contributed by atoms with E-state index in [1.165, 1.54) is 24.6 Å². The van der Waals surface area contributed by atoms with Crippen molar-refractivity contribution in [3.05, 3.63) is 60.1 Å². The Morgan fingerprint density at radius 2 is 2.00 bits per heavy atom. The molecule has 1 amide bonds. The van der Waals surface area contributed by atoms with Gasteiger partial charge in [-0.05, 0) is 56.7 Å². The second-order valence-electron chi connectivity index (χ2n) is 6.21. The van der Waals surface area contributed by atoms with Crippen LogP contribution in [-0.4, -0.2) is 23.9 Å². The average molecular weight is 356 g/mol. The molecule has 2 rings (SSSR count). The largest absolute Gasteiger partial charge is 0.465 e. The summed E-state index contributed by atoms with van der Waals surface area (Å²) in [6.45, 7) is 5.28. The van der Waals surface area contributed by atoms with E-state index in [1.807, 2.05) is 0 Å². The minimum Gasteiger partial charge on any atom is -0.465 e. The number of furan rings is 1. The molecular formula is C19H20N2O5. The van der Waals surface area contributed by atoms with Crippen molar-refractivity contribution in [2.75, 3.05) is 0 Å². The predicted molar refractivity (Wildman–Crippen MR) is 96.8 cm³/mol. The SMILES string of the molecule is CC(C)(C)OC(=O)NN=Cc1cccc(OC(=O)/C=C\c2ccco2)c1. The molecule has 1 N–H and O–H groups in total. The fourth-order valence-electron chi connectivity index (χ4n) is 1.81. The summed E-state index contributed by atoms with van der Waals surface area (Å²) in [6, 6.07) is 10.1. The van der Waals surface area contributed by atoms with Crippen LogP contribution in [-0.2, 0) is 9.53 Å². The van der Waals surface area contributed by atoms with Crippen molar-refractivity contribution in [2.24, 2.45) is 5.10 Å². The Labute approximate surface area is 151 Å². The molecule has 0 aliphatic carbocycles. The topological polar surface area (TPSA) is 90.1 Å². The van der Waals surface area contributed by atoms with Gasteiger partial charge in [-0.2, -0.15) is 5.10 Å². The third-order valence-corrected chi connectivity index (χ3v) is 2.77. The number of nitrogens with one attached hydrogen (secondary N) is 1. The highest BCUT2D eigenvalue weighted by atomic mass is 16.6. The molecule has 0 aliphatic heterocycles. The number of hydrazone groups is 1. The van der Waals surface area contributed by atoms with Crippen molar-refractivity contribution in [3.63, 3.8) is 0 Å². The van der Waals surface area contributed by atoms with Crippen LogP contribution in [0.15, 0.2) is 58.3 Å². The smallest absolute Gasteiger partial charge is 0.428 e. The zero-order chi connectivity index (χ0) is 19.0. The minimum atomic E-state index is -0.653. The molecule has 0 unspecified atom stereocenters. The molecule has 0 saturated heterocycles. The van der Waals surface area contributed by atoms with Gasteiger partial charge in [0.2, 0.25) is 0 Å². The van der Waals surface area contributed by atoms with Crippen molar-refractivity contribution < 1.29 is 23.5 Å². The lowest BCUT2D eigenvalue weighted by Gasteiger charge is -2.18. The van der Waals surface area contributed by atoms with Crippen molar-refractivity contribution in [1.29, 1.82) is 0 Å². The van der Waals surface area contributed by atoms with E-state index < -0.39 is 17.7 Å². The number of hydrogen-bond acceptors (Lipinski definition) is 6. The number of rotatable bonds is 5. The van der Waals surface area contributed by atoms with E-state index >= 15 is 0 Å². The zero-order valence-corrected chi connectivity index (χ0v) is 14.8. The maximum absolute atomic E-state index is 11.8. The summed E-state index contributed by atoms with van der Waals surface area (Å²) in [5.41, 5.74) is 2.30. The number of nitrogens with zero attached hydrogens (tertiary/aromatic N) is 1. The number of ether oxygens (including phenoxy) is 2. The average Bonchev–Trinajstić information content (AvgIpc) is 3.05. The van der Waals surface area contributed by atoms with Gasteiger partial charge >= 0.3 is 12.1 Å². The van der Waals surface area contributed by atoms with Crippen LogP contribution in [0.2, 0.25) is 0 Å². The first-order chi connectivity index (χ1) is 12.3. The van der Waals surface area contributed by atoms with Gasteiger partial charge < -0.3 is 13.9 Å². The van der Waals surface area contributed by atoms with Gasteiger partial charge in [-0.1, -0.05) is 12.1 Å². The standard InChI is InChI=1S/C19H20N2O5/c1-19(2,3)26-18(23)21-20-13-14-6-4-7-16(12-14)25-17(22)10-9-15-8-5-11-24-15/h4-13H,1-3H3,(H,21,23)/b10-9-,20-13?. The minimum absolute atomic E-state index is 0.348. The normalized spacial score (nSPS) is 11.7. The van der Waals surface area contributed by atoms with Crippen molar-refractivity contribution >= 4 is 24.4 Å². The molecule has 0 spiro atoms. The number of hydrogen-bond donors (Lipinski definition) is 1. The first kappa shape index (κ1) is 19.0. The van der Waals surface area contributed by atoms with Gasteiger partial charge in [0.1, 0.15) is 17.1 Å². The predicted octanol–water partition coefficient (Wildman–Crippen LogP) is 3.76. The summed E-state index contributed by atoms with van der Waals surface area (Å²) in [6.07, 6.45) is 5.06. The highest BCUT2D eigenvalue weighted by molar-refractivity contribution is 5.88. The Balaban J connectivity index is 1.90. The third-order valence-electron chi connectivity index (χ3n) is 2.77. The van der Waals surface area contributed by atoms with Gasteiger partial charge in [0, 0.05) is 6.08 Å².